The number of aryl methyl sites for hydroxylation is 1. The standard InChI is InChI=1S/C25H32N6OS/c1-16-15-19(32-4)13-14-21(16)29-25(33)27-18-11-9-17(10-12-18)26-24-28-22-8-6-5-7-20(22)23(30-24)31(2)3/h5-8,13-15,17-18H,9-12H2,1-4H3,(H,26,28,30)(H2,27,29,33). The Morgan fingerprint density at radius 2 is 1.76 bits per heavy atom. The van der Waals surface area contributed by atoms with Crippen molar-refractivity contribution in [2.75, 3.05) is 36.7 Å². The molecule has 0 unspecified atom stereocenters. The van der Waals surface area contributed by atoms with E-state index in [9.17, 15) is 0 Å². The van der Waals surface area contributed by atoms with Crippen LogP contribution in [0.25, 0.3) is 10.9 Å². The van der Waals surface area contributed by atoms with Crippen molar-refractivity contribution in [2.45, 2.75) is 44.7 Å². The van der Waals surface area contributed by atoms with E-state index in [0.717, 1.165) is 59.4 Å². The minimum Gasteiger partial charge on any atom is -0.497 e. The zero-order valence-electron chi connectivity index (χ0n) is 19.7. The summed E-state index contributed by atoms with van der Waals surface area (Å²) in [6, 6.07) is 14.8. The molecule has 1 aromatic heterocycles. The second kappa shape index (κ2) is 10.2. The van der Waals surface area contributed by atoms with E-state index in [1.165, 1.54) is 0 Å². The molecule has 4 rings (SSSR count). The van der Waals surface area contributed by atoms with E-state index in [4.69, 9.17) is 26.9 Å². The summed E-state index contributed by atoms with van der Waals surface area (Å²) >= 11 is 5.56. The highest BCUT2D eigenvalue weighted by atomic mass is 32.1. The Kier molecular flexibility index (Phi) is 7.13. The Morgan fingerprint density at radius 1 is 1.03 bits per heavy atom. The summed E-state index contributed by atoms with van der Waals surface area (Å²) in [5, 5.41) is 12.1. The summed E-state index contributed by atoms with van der Waals surface area (Å²) in [7, 11) is 5.70. The number of hydrogen-bond acceptors (Lipinski definition) is 6. The van der Waals surface area contributed by atoms with E-state index < -0.39 is 0 Å². The second-order valence-corrected chi connectivity index (χ2v) is 9.16. The van der Waals surface area contributed by atoms with E-state index in [1.54, 1.807) is 7.11 Å². The maximum Gasteiger partial charge on any atom is 0.225 e. The fraction of sp³-hybridized carbons (Fsp3) is 0.400. The van der Waals surface area contributed by atoms with E-state index >= 15 is 0 Å². The smallest absolute Gasteiger partial charge is 0.225 e. The number of nitrogens with zero attached hydrogens (tertiary/aromatic N) is 3. The highest BCUT2D eigenvalue weighted by molar-refractivity contribution is 7.80. The molecule has 1 fully saturated rings. The molecular formula is C25H32N6OS. The monoisotopic (exact) mass is 464 g/mol. The van der Waals surface area contributed by atoms with Crippen LogP contribution in [0, 0.1) is 6.92 Å². The highest BCUT2D eigenvalue weighted by Crippen LogP contribution is 2.27. The van der Waals surface area contributed by atoms with Gasteiger partial charge in [-0.15, -0.1) is 0 Å². The lowest BCUT2D eigenvalue weighted by Crippen LogP contribution is -2.42. The van der Waals surface area contributed by atoms with Crippen LogP contribution in [0.4, 0.5) is 17.5 Å². The molecule has 0 aliphatic heterocycles. The van der Waals surface area contributed by atoms with Gasteiger partial charge in [-0.25, -0.2) is 4.98 Å². The van der Waals surface area contributed by atoms with E-state index in [1.807, 2.05) is 62.3 Å². The van der Waals surface area contributed by atoms with Gasteiger partial charge in [0.25, 0.3) is 0 Å². The maximum absolute atomic E-state index is 5.56. The molecule has 7 nitrogen and oxygen atoms in total. The van der Waals surface area contributed by atoms with Gasteiger partial charge in [0.2, 0.25) is 5.95 Å². The van der Waals surface area contributed by atoms with Gasteiger partial charge < -0.3 is 25.6 Å². The zero-order valence-corrected chi connectivity index (χ0v) is 20.5. The topological polar surface area (TPSA) is 74.3 Å². The van der Waals surface area contributed by atoms with Crippen molar-refractivity contribution in [1.29, 1.82) is 0 Å². The SMILES string of the molecule is COc1ccc(NC(=S)NC2CCC(Nc3nc(N(C)C)c4ccccc4n3)CC2)c(C)c1. The number of thiocarbonyl (C=S) groups is 1. The predicted molar refractivity (Wildman–Crippen MR) is 141 cm³/mol. The van der Waals surface area contributed by atoms with E-state index in [-0.39, 0.29) is 0 Å². The van der Waals surface area contributed by atoms with E-state index in [2.05, 4.69) is 22.0 Å². The molecule has 33 heavy (non-hydrogen) atoms. The molecule has 0 radical (unpaired) electrons. The van der Waals surface area contributed by atoms with Gasteiger partial charge in [-0.1, -0.05) is 12.1 Å². The quantitative estimate of drug-likeness (QED) is 0.453. The van der Waals surface area contributed by atoms with Gasteiger partial charge in [-0.3, -0.25) is 0 Å². The van der Waals surface area contributed by atoms with Crippen molar-refractivity contribution in [2.24, 2.45) is 0 Å². The van der Waals surface area contributed by atoms with Gasteiger partial charge in [0.05, 0.1) is 12.6 Å². The summed E-state index contributed by atoms with van der Waals surface area (Å²) in [4.78, 5) is 11.6. The number of rotatable bonds is 6. The van der Waals surface area contributed by atoms with Crippen molar-refractivity contribution < 1.29 is 4.74 Å². The van der Waals surface area contributed by atoms with Crippen LogP contribution in [0.5, 0.6) is 5.75 Å². The molecule has 3 aromatic rings. The molecule has 1 aliphatic rings. The third-order valence-electron chi connectivity index (χ3n) is 6.08. The van der Waals surface area contributed by atoms with Gasteiger partial charge >= 0.3 is 0 Å². The molecule has 3 N–H and O–H groups in total. The third kappa shape index (κ3) is 5.63. The first-order valence-corrected chi connectivity index (χ1v) is 11.8. The lowest BCUT2D eigenvalue weighted by molar-refractivity contribution is 0.387. The van der Waals surface area contributed by atoms with Gasteiger partial charge in [-0.2, -0.15) is 4.98 Å². The van der Waals surface area contributed by atoms with Crippen molar-refractivity contribution >= 4 is 45.7 Å². The average molecular weight is 465 g/mol. The second-order valence-electron chi connectivity index (χ2n) is 8.75. The summed E-state index contributed by atoms with van der Waals surface area (Å²) in [5.41, 5.74) is 3.05. The molecular weight excluding hydrogens is 432 g/mol. The summed E-state index contributed by atoms with van der Waals surface area (Å²) < 4.78 is 5.27. The van der Waals surface area contributed by atoms with Crippen LogP contribution in [-0.4, -0.2) is 48.4 Å². The number of para-hydroxylation sites is 1. The van der Waals surface area contributed by atoms with E-state index in [0.29, 0.717) is 23.1 Å². The van der Waals surface area contributed by atoms with Gasteiger partial charge in [0.15, 0.2) is 5.11 Å². The van der Waals surface area contributed by atoms with Crippen LogP contribution in [0.2, 0.25) is 0 Å². The Hall–Kier alpha value is -3.13. The molecule has 174 valence electrons. The summed E-state index contributed by atoms with van der Waals surface area (Å²) in [6.07, 6.45) is 4.15. The number of hydrogen-bond donors (Lipinski definition) is 3. The number of benzene rings is 2. The fourth-order valence-electron chi connectivity index (χ4n) is 4.28. The molecule has 0 saturated heterocycles. The van der Waals surface area contributed by atoms with Gasteiger partial charge in [0, 0.05) is 37.3 Å². The molecule has 0 amide bonds. The Bertz CT molecular complexity index is 1130. The first-order valence-electron chi connectivity index (χ1n) is 11.4. The van der Waals surface area contributed by atoms with Crippen LogP contribution in [0.3, 0.4) is 0 Å². The number of anilines is 3. The molecule has 1 heterocycles. The minimum absolute atomic E-state index is 0.351. The van der Waals surface area contributed by atoms with Gasteiger partial charge in [-0.05, 0) is 80.7 Å². The number of ether oxygens (including phenoxy) is 1. The Morgan fingerprint density at radius 3 is 2.45 bits per heavy atom. The number of methoxy groups -OCH3 is 1. The van der Waals surface area contributed by atoms with Crippen molar-refractivity contribution in [3.05, 3.63) is 48.0 Å². The predicted octanol–water partition coefficient (Wildman–Crippen LogP) is 4.72. The summed E-state index contributed by atoms with van der Waals surface area (Å²) in [5.74, 6) is 2.47. The summed E-state index contributed by atoms with van der Waals surface area (Å²) in [6.45, 7) is 2.04. The Balaban J connectivity index is 1.32. The minimum atomic E-state index is 0.351. The van der Waals surface area contributed by atoms with Crippen molar-refractivity contribution in [3.63, 3.8) is 0 Å². The van der Waals surface area contributed by atoms with Crippen LogP contribution in [0.1, 0.15) is 31.2 Å². The normalized spacial score (nSPS) is 17.9. The molecule has 2 aromatic carbocycles. The zero-order chi connectivity index (χ0) is 23.4. The van der Waals surface area contributed by atoms with Crippen LogP contribution in [-0.2, 0) is 0 Å². The van der Waals surface area contributed by atoms with Crippen molar-refractivity contribution in [3.8, 4) is 5.75 Å². The first kappa shape index (κ1) is 23.0. The van der Waals surface area contributed by atoms with Crippen LogP contribution >= 0.6 is 12.2 Å². The molecule has 0 spiro atoms. The van der Waals surface area contributed by atoms with Crippen LogP contribution < -0.4 is 25.6 Å². The molecule has 0 bridgehead atoms. The van der Waals surface area contributed by atoms with Gasteiger partial charge in [0.1, 0.15) is 11.6 Å². The van der Waals surface area contributed by atoms with Crippen molar-refractivity contribution in [1.82, 2.24) is 15.3 Å². The molecule has 1 aliphatic carbocycles. The number of nitrogens with one attached hydrogen (secondary N) is 3. The van der Waals surface area contributed by atoms with Crippen LogP contribution in [0.15, 0.2) is 42.5 Å². The third-order valence-corrected chi connectivity index (χ3v) is 6.30. The lowest BCUT2D eigenvalue weighted by Gasteiger charge is -2.30. The molecule has 0 atom stereocenters. The average Bonchev–Trinajstić information content (AvgIpc) is 2.81. The number of aromatic nitrogens is 2. The highest BCUT2D eigenvalue weighted by Gasteiger charge is 2.23. The lowest BCUT2D eigenvalue weighted by atomic mass is 9.91. The largest absolute Gasteiger partial charge is 0.497 e. The molecule has 1 saturated carbocycles. The number of fused-ring (bicyclic) bond motifs is 1. The Labute approximate surface area is 200 Å². The maximum atomic E-state index is 5.56. The first-order chi connectivity index (χ1) is 15.9. The molecule has 8 heteroatoms. The fourth-order valence-corrected chi connectivity index (χ4v) is 4.55.